The summed E-state index contributed by atoms with van der Waals surface area (Å²) in [5.41, 5.74) is 0.504. The Balaban J connectivity index is 1.80. The molecule has 3 rings (SSSR count). The lowest BCUT2D eigenvalue weighted by atomic mass is 9.85. The van der Waals surface area contributed by atoms with Gasteiger partial charge in [0.1, 0.15) is 23.9 Å². The van der Waals surface area contributed by atoms with Crippen LogP contribution in [0.15, 0.2) is 60.7 Å². The second-order valence-corrected chi connectivity index (χ2v) is 7.12. The third-order valence-corrected chi connectivity index (χ3v) is 5.05. The van der Waals surface area contributed by atoms with Gasteiger partial charge in [-0.05, 0) is 18.1 Å². The molecule has 1 saturated heterocycles. The summed E-state index contributed by atoms with van der Waals surface area (Å²) in [6, 6.07) is 19.4. The molecule has 2 aromatic rings. The van der Waals surface area contributed by atoms with Crippen molar-refractivity contribution in [3.63, 3.8) is 0 Å². The second kappa shape index (κ2) is 9.60. The van der Waals surface area contributed by atoms with Gasteiger partial charge in [0, 0.05) is 7.11 Å². The molecule has 0 saturated carbocycles. The molecular formula is C22H28O6. The first-order valence-corrected chi connectivity index (χ1v) is 9.38. The van der Waals surface area contributed by atoms with Gasteiger partial charge in [0.25, 0.3) is 0 Å². The van der Waals surface area contributed by atoms with Gasteiger partial charge in [-0.2, -0.15) is 0 Å². The summed E-state index contributed by atoms with van der Waals surface area (Å²) in [6.45, 7) is 1.85. The quantitative estimate of drug-likeness (QED) is 0.723. The normalized spacial score (nSPS) is 30.3. The average Bonchev–Trinajstić information content (AvgIpc) is 2.72. The minimum Gasteiger partial charge on any atom is -0.394 e. The van der Waals surface area contributed by atoms with Crippen LogP contribution >= 0.6 is 0 Å². The van der Waals surface area contributed by atoms with Crippen LogP contribution in [0.4, 0.5) is 0 Å². The summed E-state index contributed by atoms with van der Waals surface area (Å²) in [5.74, 6) is 0. The first-order chi connectivity index (χ1) is 13.6. The van der Waals surface area contributed by atoms with Gasteiger partial charge in [-0.1, -0.05) is 60.7 Å². The molecule has 152 valence electrons. The Morgan fingerprint density at radius 1 is 0.929 bits per heavy atom. The van der Waals surface area contributed by atoms with Crippen LogP contribution in [-0.2, 0) is 32.2 Å². The van der Waals surface area contributed by atoms with E-state index in [0.717, 1.165) is 11.1 Å². The number of methoxy groups -OCH3 is 1. The Morgan fingerprint density at radius 3 is 1.96 bits per heavy atom. The van der Waals surface area contributed by atoms with Gasteiger partial charge in [0.05, 0.1) is 19.8 Å². The molecule has 0 unspecified atom stereocenters. The van der Waals surface area contributed by atoms with Crippen LogP contribution in [0.2, 0.25) is 0 Å². The largest absolute Gasteiger partial charge is 0.394 e. The van der Waals surface area contributed by atoms with Gasteiger partial charge in [0.2, 0.25) is 0 Å². The van der Waals surface area contributed by atoms with Gasteiger partial charge in [0.15, 0.2) is 6.29 Å². The number of rotatable bonds is 8. The molecule has 0 radical (unpaired) electrons. The van der Waals surface area contributed by atoms with Crippen LogP contribution in [0.25, 0.3) is 0 Å². The van der Waals surface area contributed by atoms with E-state index >= 15 is 0 Å². The van der Waals surface area contributed by atoms with Crippen LogP contribution in [0.3, 0.4) is 0 Å². The predicted octanol–water partition coefficient (Wildman–Crippen LogP) is 2.27. The number of benzene rings is 2. The Kier molecular flexibility index (Phi) is 7.18. The summed E-state index contributed by atoms with van der Waals surface area (Å²) in [6.07, 6.45) is -3.06. The van der Waals surface area contributed by atoms with Crippen molar-refractivity contribution in [1.29, 1.82) is 0 Å². The summed E-state index contributed by atoms with van der Waals surface area (Å²) < 4.78 is 23.4. The first-order valence-electron chi connectivity index (χ1n) is 9.38. The number of hydrogen-bond acceptors (Lipinski definition) is 6. The number of aliphatic hydroxyl groups is 2. The maximum Gasteiger partial charge on any atom is 0.186 e. The van der Waals surface area contributed by atoms with Gasteiger partial charge in [-0.15, -0.1) is 0 Å². The number of aliphatic hydroxyl groups excluding tert-OH is 1. The maximum absolute atomic E-state index is 11.1. The van der Waals surface area contributed by atoms with Gasteiger partial charge in [-0.3, -0.25) is 0 Å². The van der Waals surface area contributed by atoms with Crippen LogP contribution in [0, 0.1) is 0 Å². The lowest BCUT2D eigenvalue weighted by Crippen LogP contribution is -2.67. The standard InChI is InChI=1S/C22H28O6/c1-22(24)18(13-23)28-21(25-2)19(26-14-16-9-5-3-6-10-16)20(22)27-15-17-11-7-4-8-12-17/h3-12,18-21,23-24H,13-15H2,1-2H3/t18-,19-,20-,21+,22-/m1/s1. The Labute approximate surface area is 165 Å². The van der Waals surface area contributed by atoms with Crippen molar-refractivity contribution >= 4 is 0 Å². The predicted molar refractivity (Wildman–Crippen MR) is 103 cm³/mol. The van der Waals surface area contributed by atoms with E-state index < -0.39 is 30.2 Å². The van der Waals surface area contributed by atoms with Crippen LogP contribution in [-0.4, -0.2) is 54.1 Å². The van der Waals surface area contributed by atoms with E-state index in [4.69, 9.17) is 18.9 Å². The SMILES string of the molecule is CO[C@H]1O[C@H](CO)[C@@](C)(O)[C@H](OCc2ccccc2)[C@H]1OCc1ccccc1. The molecule has 1 aliphatic rings. The van der Waals surface area contributed by atoms with Crippen molar-refractivity contribution in [3.05, 3.63) is 71.8 Å². The van der Waals surface area contributed by atoms with E-state index in [-0.39, 0.29) is 6.61 Å². The number of hydrogen-bond donors (Lipinski definition) is 2. The summed E-state index contributed by atoms with van der Waals surface area (Å²) in [5, 5.41) is 20.8. The molecule has 5 atom stereocenters. The Hall–Kier alpha value is -1.80. The van der Waals surface area contributed by atoms with Crippen LogP contribution in [0.5, 0.6) is 0 Å². The van der Waals surface area contributed by atoms with E-state index in [1.165, 1.54) is 7.11 Å². The molecule has 0 aromatic heterocycles. The van der Waals surface area contributed by atoms with Crippen LogP contribution < -0.4 is 0 Å². The summed E-state index contributed by atoms with van der Waals surface area (Å²) in [4.78, 5) is 0. The molecule has 0 bridgehead atoms. The molecule has 1 aliphatic heterocycles. The second-order valence-electron chi connectivity index (χ2n) is 7.12. The van der Waals surface area contributed by atoms with Crippen molar-refractivity contribution in [1.82, 2.24) is 0 Å². The molecule has 28 heavy (non-hydrogen) atoms. The van der Waals surface area contributed by atoms with E-state index in [9.17, 15) is 10.2 Å². The average molecular weight is 388 g/mol. The van der Waals surface area contributed by atoms with E-state index in [2.05, 4.69) is 0 Å². The summed E-state index contributed by atoms with van der Waals surface area (Å²) in [7, 11) is 1.51. The molecule has 0 spiro atoms. The zero-order valence-corrected chi connectivity index (χ0v) is 16.2. The molecule has 1 fully saturated rings. The fourth-order valence-electron chi connectivity index (χ4n) is 3.41. The maximum atomic E-state index is 11.1. The molecule has 2 N–H and O–H groups in total. The summed E-state index contributed by atoms with van der Waals surface area (Å²) >= 11 is 0. The minimum atomic E-state index is -1.46. The molecule has 1 heterocycles. The monoisotopic (exact) mass is 388 g/mol. The fourth-order valence-corrected chi connectivity index (χ4v) is 3.41. The Morgan fingerprint density at radius 2 is 1.46 bits per heavy atom. The third-order valence-electron chi connectivity index (χ3n) is 5.05. The lowest BCUT2D eigenvalue weighted by molar-refractivity contribution is -0.340. The molecule has 6 nitrogen and oxygen atoms in total. The minimum absolute atomic E-state index is 0.293. The highest BCUT2D eigenvalue weighted by atomic mass is 16.7. The van der Waals surface area contributed by atoms with E-state index in [1.54, 1.807) is 6.92 Å². The van der Waals surface area contributed by atoms with Crippen molar-refractivity contribution in [3.8, 4) is 0 Å². The lowest BCUT2D eigenvalue weighted by Gasteiger charge is -2.49. The van der Waals surface area contributed by atoms with Crippen LogP contribution in [0.1, 0.15) is 18.1 Å². The highest BCUT2D eigenvalue weighted by Crippen LogP contribution is 2.34. The third kappa shape index (κ3) is 4.78. The van der Waals surface area contributed by atoms with Crippen molar-refractivity contribution < 1.29 is 29.2 Å². The van der Waals surface area contributed by atoms with Gasteiger partial charge < -0.3 is 29.2 Å². The van der Waals surface area contributed by atoms with Gasteiger partial charge in [-0.25, -0.2) is 0 Å². The zero-order chi connectivity index (χ0) is 20.0. The zero-order valence-electron chi connectivity index (χ0n) is 16.2. The van der Waals surface area contributed by atoms with E-state index in [1.807, 2.05) is 60.7 Å². The smallest absolute Gasteiger partial charge is 0.186 e. The topological polar surface area (TPSA) is 77.4 Å². The highest BCUT2D eigenvalue weighted by molar-refractivity contribution is 5.15. The first kappa shape index (κ1) is 20.9. The Bertz CT molecular complexity index is 705. The van der Waals surface area contributed by atoms with Crippen molar-refractivity contribution in [2.24, 2.45) is 0 Å². The molecule has 0 aliphatic carbocycles. The van der Waals surface area contributed by atoms with Crippen molar-refractivity contribution in [2.45, 2.75) is 50.3 Å². The molecule has 0 amide bonds. The molecular weight excluding hydrogens is 360 g/mol. The molecule has 6 heteroatoms. The molecule has 2 aromatic carbocycles. The van der Waals surface area contributed by atoms with E-state index in [0.29, 0.717) is 13.2 Å². The van der Waals surface area contributed by atoms with Crippen molar-refractivity contribution in [2.75, 3.05) is 13.7 Å². The fraction of sp³-hybridized carbons (Fsp3) is 0.455. The highest BCUT2D eigenvalue weighted by Gasteiger charge is 2.54. The number of ether oxygens (including phenoxy) is 4. The van der Waals surface area contributed by atoms with Gasteiger partial charge >= 0.3 is 0 Å².